The number of aryl methyl sites for hydroxylation is 1. The monoisotopic (exact) mass is 308 g/mol. The van der Waals surface area contributed by atoms with Gasteiger partial charge in [0.25, 0.3) is 0 Å². The van der Waals surface area contributed by atoms with Crippen LogP contribution in [0.15, 0.2) is 48.1 Å². The predicted molar refractivity (Wildman–Crippen MR) is 98.4 cm³/mol. The van der Waals surface area contributed by atoms with Crippen LogP contribution < -0.4 is 0 Å². The van der Waals surface area contributed by atoms with Gasteiger partial charge in [-0.1, -0.05) is 62.5 Å². The average Bonchev–Trinajstić information content (AvgIpc) is 2.60. The molecule has 0 fully saturated rings. The molecule has 1 aromatic carbocycles. The van der Waals surface area contributed by atoms with E-state index in [9.17, 15) is 0 Å². The van der Waals surface area contributed by atoms with Crippen molar-refractivity contribution in [3.63, 3.8) is 0 Å². The predicted octanol–water partition coefficient (Wildman–Crippen LogP) is 5.31. The summed E-state index contributed by atoms with van der Waals surface area (Å²) in [7, 11) is 0. The Bertz CT molecular complexity index is 612. The van der Waals surface area contributed by atoms with Gasteiger partial charge in [-0.25, -0.2) is 0 Å². The summed E-state index contributed by atoms with van der Waals surface area (Å²) in [5.74, 6) is 6.93. The lowest BCUT2D eigenvalue weighted by Gasteiger charge is -2.19. The minimum atomic E-state index is 0.217. The molecule has 1 aliphatic carbocycles. The van der Waals surface area contributed by atoms with E-state index in [2.05, 4.69) is 75.1 Å². The molecule has 1 heteroatoms. The van der Waals surface area contributed by atoms with E-state index >= 15 is 0 Å². The van der Waals surface area contributed by atoms with Crippen molar-refractivity contribution in [3.05, 3.63) is 59.2 Å². The summed E-state index contributed by atoms with van der Waals surface area (Å²) < 4.78 is 5.92. The highest BCUT2D eigenvalue weighted by Crippen LogP contribution is 2.20. The van der Waals surface area contributed by atoms with Crippen LogP contribution in [-0.4, -0.2) is 12.7 Å². The molecular weight excluding hydrogens is 280 g/mol. The summed E-state index contributed by atoms with van der Waals surface area (Å²) in [6.45, 7) is 7.38. The lowest BCUT2D eigenvalue weighted by atomic mass is 9.94. The Labute approximate surface area is 141 Å². The van der Waals surface area contributed by atoms with Crippen molar-refractivity contribution in [2.24, 2.45) is 5.92 Å². The molecule has 0 bridgehead atoms. The smallest absolute Gasteiger partial charge is 0.0796 e. The van der Waals surface area contributed by atoms with Gasteiger partial charge in [-0.3, -0.25) is 0 Å². The Kier molecular flexibility index (Phi) is 7.17. The van der Waals surface area contributed by atoms with Crippen LogP contribution in [-0.2, 0) is 11.2 Å². The fraction of sp³-hybridized carbons (Fsp3) is 0.455. The third-order valence-corrected chi connectivity index (χ3v) is 4.16. The van der Waals surface area contributed by atoms with Crippen molar-refractivity contribution < 1.29 is 4.74 Å². The topological polar surface area (TPSA) is 9.23 Å². The number of hydrogen-bond acceptors (Lipinski definition) is 1. The molecule has 23 heavy (non-hydrogen) atoms. The van der Waals surface area contributed by atoms with Crippen LogP contribution in [0, 0.1) is 17.8 Å². The highest BCUT2D eigenvalue weighted by molar-refractivity contribution is 5.40. The van der Waals surface area contributed by atoms with Crippen molar-refractivity contribution in [3.8, 4) is 11.8 Å². The largest absolute Gasteiger partial charge is 0.374 e. The van der Waals surface area contributed by atoms with Gasteiger partial charge >= 0.3 is 0 Å². The van der Waals surface area contributed by atoms with Crippen LogP contribution in [0.5, 0.6) is 0 Å². The second-order valence-electron chi connectivity index (χ2n) is 6.11. The molecule has 0 N–H and O–H groups in total. The van der Waals surface area contributed by atoms with Crippen molar-refractivity contribution in [2.45, 2.75) is 52.6 Å². The van der Waals surface area contributed by atoms with E-state index in [4.69, 9.17) is 4.74 Å². The van der Waals surface area contributed by atoms with E-state index in [0.29, 0.717) is 0 Å². The molecule has 1 aromatic rings. The maximum atomic E-state index is 5.92. The van der Waals surface area contributed by atoms with E-state index in [1.165, 1.54) is 17.6 Å². The first-order chi connectivity index (χ1) is 11.2. The first-order valence-corrected chi connectivity index (χ1v) is 8.83. The molecule has 0 amide bonds. The summed E-state index contributed by atoms with van der Waals surface area (Å²) in [5.41, 5.74) is 3.72. The number of unbranched alkanes of at least 4 members (excludes halogenated alkanes) is 1. The molecule has 0 heterocycles. The number of hydrogen-bond donors (Lipinski definition) is 0. The zero-order valence-corrected chi connectivity index (χ0v) is 14.6. The standard InChI is InChI=1S/C22H28O/c1-4-6-15-23-22-12-8-11-21(17-22)18(3)13-14-20-10-7-9-19(5-2)16-20/h7-11,16-18,22H,4-6,12,15H2,1-3H3. The maximum absolute atomic E-state index is 5.92. The molecule has 122 valence electrons. The van der Waals surface area contributed by atoms with Gasteiger partial charge in [0.1, 0.15) is 0 Å². The maximum Gasteiger partial charge on any atom is 0.0796 e. The summed E-state index contributed by atoms with van der Waals surface area (Å²) >= 11 is 0. The van der Waals surface area contributed by atoms with Gasteiger partial charge in [0.05, 0.1) is 6.10 Å². The van der Waals surface area contributed by atoms with Crippen LogP contribution in [0.4, 0.5) is 0 Å². The van der Waals surface area contributed by atoms with Gasteiger partial charge in [0.2, 0.25) is 0 Å². The third-order valence-electron chi connectivity index (χ3n) is 4.16. The van der Waals surface area contributed by atoms with Crippen molar-refractivity contribution in [2.75, 3.05) is 6.61 Å². The molecule has 0 aliphatic heterocycles. The van der Waals surface area contributed by atoms with Gasteiger partial charge in [-0.05, 0) is 49.5 Å². The van der Waals surface area contributed by atoms with E-state index in [-0.39, 0.29) is 12.0 Å². The number of ether oxygens (including phenoxy) is 1. The Morgan fingerprint density at radius 1 is 1.30 bits per heavy atom. The number of allylic oxidation sites excluding steroid dienone is 2. The molecule has 0 radical (unpaired) electrons. The highest BCUT2D eigenvalue weighted by atomic mass is 16.5. The van der Waals surface area contributed by atoms with Gasteiger partial charge in [0, 0.05) is 18.1 Å². The van der Waals surface area contributed by atoms with Crippen LogP contribution in [0.2, 0.25) is 0 Å². The zero-order chi connectivity index (χ0) is 16.5. The quantitative estimate of drug-likeness (QED) is 0.511. The second kappa shape index (κ2) is 9.38. The van der Waals surface area contributed by atoms with E-state index in [1.807, 2.05) is 0 Å². The second-order valence-corrected chi connectivity index (χ2v) is 6.11. The molecule has 0 spiro atoms. The molecule has 2 atom stereocenters. The van der Waals surface area contributed by atoms with E-state index in [1.54, 1.807) is 0 Å². The van der Waals surface area contributed by atoms with Crippen LogP contribution in [0.1, 0.15) is 51.2 Å². The zero-order valence-electron chi connectivity index (χ0n) is 14.6. The van der Waals surface area contributed by atoms with Gasteiger partial charge in [-0.15, -0.1) is 0 Å². The Morgan fingerprint density at radius 3 is 2.96 bits per heavy atom. The fourth-order valence-electron chi connectivity index (χ4n) is 2.60. The van der Waals surface area contributed by atoms with Gasteiger partial charge in [-0.2, -0.15) is 0 Å². The van der Waals surface area contributed by atoms with Crippen molar-refractivity contribution in [1.29, 1.82) is 0 Å². The SMILES string of the molecule is CCCCOC1C=C(C(C)C#Cc2cccc(CC)c2)C=CC1. The Hall–Kier alpha value is -1.78. The van der Waals surface area contributed by atoms with Crippen LogP contribution in [0.3, 0.4) is 0 Å². The van der Waals surface area contributed by atoms with Crippen molar-refractivity contribution in [1.82, 2.24) is 0 Å². The van der Waals surface area contributed by atoms with Crippen LogP contribution >= 0.6 is 0 Å². The summed E-state index contributed by atoms with van der Waals surface area (Å²) in [4.78, 5) is 0. The third kappa shape index (κ3) is 5.73. The van der Waals surface area contributed by atoms with Crippen molar-refractivity contribution >= 4 is 0 Å². The van der Waals surface area contributed by atoms with E-state index < -0.39 is 0 Å². The number of benzene rings is 1. The Morgan fingerprint density at radius 2 is 2.17 bits per heavy atom. The summed E-state index contributed by atoms with van der Waals surface area (Å²) in [6.07, 6.45) is 11.2. The molecule has 2 rings (SSSR count). The van der Waals surface area contributed by atoms with Crippen LogP contribution in [0.25, 0.3) is 0 Å². The normalized spacial score (nSPS) is 18.0. The Balaban J connectivity index is 2.00. The molecule has 0 saturated heterocycles. The molecule has 0 aromatic heterocycles. The first-order valence-electron chi connectivity index (χ1n) is 8.83. The lowest BCUT2D eigenvalue weighted by Crippen LogP contribution is -2.14. The average molecular weight is 308 g/mol. The molecule has 2 unspecified atom stereocenters. The van der Waals surface area contributed by atoms with E-state index in [0.717, 1.165) is 31.4 Å². The summed E-state index contributed by atoms with van der Waals surface area (Å²) in [5, 5.41) is 0. The fourth-order valence-corrected chi connectivity index (χ4v) is 2.60. The lowest BCUT2D eigenvalue weighted by molar-refractivity contribution is 0.0834. The highest BCUT2D eigenvalue weighted by Gasteiger charge is 2.12. The minimum Gasteiger partial charge on any atom is -0.374 e. The molecule has 0 saturated carbocycles. The van der Waals surface area contributed by atoms with Gasteiger partial charge < -0.3 is 4.74 Å². The van der Waals surface area contributed by atoms with Gasteiger partial charge in [0.15, 0.2) is 0 Å². The summed E-state index contributed by atoms with van der Waals surface area (Å²) in [6, 6.07) is 8.51. The molecule has 1 aliphatic rings. The first kappa shape index (κ1) is 17.6. The molecular formula is C22H28O. The number of rotatable bonds is 6. The molecule has 1 nitrogen and oxygen atoms in total. The minimum absolute atomic E-state index is 0.217.